The lowest BCUT2D eigenvalue weighted by atomic mass is 10.2. The van der Waals surface area contributed by atoms with Gasteiger partial charge in [-0.3, -0.25) is 4.79 Å². The van der Waals surface area contributed by atoms with Crippen molar-refractivity contribution < 1.29 is 4.79 Å². The molecule has 1 aromatic carbocycles. The molecular formula is C15H18ClNO. The van der Waals surface area contributed by atoms with Crippen LogP contribution in [-0.4, -0.2) is 17.4 Å². The number of carbonyl (C=O) groups is 1. The number of likely N-dealkylation sites (N-methyl/N-ethyl adjacent to an activating group) is 1. The summed E-state index contributed by atoms with van der Waals surface area (Å²) in [6.07, 6.45) is 7.05. The van der Waals surface area contributed by atoms with Crippen molar-refractivity contribution in [1.29, 1.82) is 0 Å². The summed E-state index contributed by atoms with van der Waals surface area (Å²) in [5.74, 6) is 0.00979. The fourth-order valence-corrected chi connectivity index (χ4v) is 1.77. The van der Waals surface area contributed by atoms with E-state index in [2.05, 4.69) is 0 Å². The Morgan fingerprint density at radius 3 is 2.78 bits per heavy atom. The van der Waals surface area contributed by atoms with Gasteiger partial charge in [-0.05, 0) is 31.5 Å². The van der Waals surface area contributed by atoms with Gasteiger partial charge >= 0.3 is 0 Å². The summed E-state index contributed by atoms with van der Waals surface area (Å²) in [5.41, 5.74) is 1.04. The highest BCUT2D eigenvalue weighted by molar-refractivity contribution is 6.30. The normalized spacial score (nSPS) is 11.3. The lowest BCUT2D eigenvalue weighted by Gasteiger charge is -2.19. The Bertz CT molecular complexity index is 452. The molecule has 96 valence electrons. The van der Waals surface area contributed by atoms with Crippen LogP contribution >= 0.6 is 11.6 Å². The predicted octanol–water partition coefficient (Wildman–Crippen LogP) is 3.82. The lowest BCUT2D eigenvalue weighted by molar-refractivity contribution is -0.126. The second-order valence-corrected chi connectivity index (χ2v) is 4.30. The predicted molar refractivity (Wildman–Crippen MR) is 76.5 cm³/mol. The molecule has 0 radical (unpaired) electrons. The first-order chi connectivity index (χ1) is 8.67. The van der Waals surface area contributed by atoms with Crippen molar-refractivity contribution in [3.63, 3.8) is 0 Å². The van der Waals surface area contributed by atoms with Gasteiger partial charge in [0, 0.05) is 24.2 Å². The molecule has 0 aliphatic carbocycles. The van der Waals surface area contributed by atoms with Gasteiger partial charge in [0.2, 0.25) is 5.91 Å². The van der Waals surface area contributed by atoms with Crippen LogP contribution in [0.2, 0.25) is 5.02 Å². The van der Waals surface area contributed by atoms with Gasteiger partial charge < -0.3 is 4.90 Å². The zero-order chi connectivity index (χ0) is 13.4. The van der Waals surface area contributed by atoms with Crippen molar-refractivity contribution in [3.8, 4) is 0 Å². The zero-order valence-corrected chi connectivity index (χ0v) is 11.5. The number of amides is 1. The number of benzene rings is 1. The maximum absolute atomic E-state index is 11.9. The Balaban J connectivity index is 2.69. The summed E-state index contributed by atoms with van der Waals surface area (Å²) in [6.45, 7) is 5.13. The molecule has 3 heteroatoms. The molecule has 0 spiro atoms. The number of hydrogen-bond donors (Lipinski definition) is 0. The average Bonchev–Trinajstić information content (AvgIpc) is 2.36. The van der Waals surface area contributed by atoms with Crippen molar-refractivity contribution in [3.05, 3.63) is 59.2 Å². The van der Waals surface area contributed by atoms with E-state index in [1.165, 1.54) is 0 Å². The minimum absolute atomic E-state index is 0.00979. The quantitative estimate of drug-likeness (QED) is 0.584. The fraction of sp³-hybridized carbons (Fsp3) is 0.267. The highest BCUT2D eigenvalue weighted by Gasteiger charge is 2.08. The standard InChI is InChI=1S/C15H18ClNO/c1-3-5-6-10-15(18)17(4-2)12-13-8-7-9-14(16)11-13/h3,5-11H,4,12H2,1-2H3/b5-3+,10-6+. The zero-order valence-electron chi connectivity index (χ0n) is 10.8. The minimum Gasteiger partial charge on any atom is -0.335 e. The molecule has 0 heterocycles. The van der Waals surface area contributed by atoms with Gasteiger partial charge in [0.05, 0.1) is 0 Å². The summed E-state index contributed by atoms with van der Waals surface area (Å²) in [6, 6.07) is 7.57. The van der Waals surface area contributed by atoms with E-state index in [0.717, 1.165) is 5.56 Å². The van der Waals surface area contributed by atoms with Crippen LogP contribution in [0.5, 0.6) is 0 Å². The van der Waals surface area contributed by atoms with Crippen LogP contribution in [0, 0.1) is 0 Å². The van der Waals surface area contributed by atoms with E-state index < -0.39 is 0 Å². The topological polar surface area (TPSA) is 20.3 Å². The van der Waals surface area contributed by atoms with Gasteiger partial charge in [0.1, 0.15) is 0 Å². The molecule has 0 aromatic heterocycles. The van der Waals surface area contributed by atoms with Crippen LogP contribution in [0.3, 0.4) is 0 Å². The number of nitrogens with zero attached hydrogens (tertiary/aromatic N) is 1. The number of halogens is 1. The third-order valence-corrected chi connectivity index (χ3v) is 2.73. The number of allylic oxidation sites excluding steroid dienone is 3. The van der Waals surface area contributed by atoms with Crippen LogP contribution in [-0.2, 0) is 11.3 Å². The van der Waals surface area contributed by atoms with Crippen LogP contribution < -0.4 is 0 Å². The van der Waals surface area contributed by atoms with E-state index in [-0.39, 0.29) is 5.91 Å². The molecule has 1 aromatic rings. The van der Waals surface area contributed by atoms with E-state index in [1.54, 1.807) is 17.1 Å². The van der Waals surface area contributed by atoms with Gasteiger partial charge in [-0.15, -0.1) is 0 Å². The van der Waals surface area contributed by atoms with E-state index >= 15 is 0 Å². The molecular weight excluding hydrogens is 246 g/mol. The molecule has 0 saturated carbocycles. The molecule has 0 bridgehead atoms. The third-order valence-electron chi connectivity index (χ3n) is 2.50. The smallest absolute Gasteiger partial charge is 0.246 e. The van der Waals surface area contributed by atoms with Crippen LogP contribution in [0.25, 0.3) is 0 Å². The molecule has 0 atom stereocenters. The first kappa shape index (κ1) is 14.5. The molecule has 0 N–H and O–H groups in total. The summed E-state index contributed by atoms with van der Waals surface area (Å²) in [4.78, 5) is 13.7. The minimum atomic E-state index is 0.00979. The SMILES string of the molecule is C/C=C/C=C/C(=O)N(CC)Cc1cccc(Cl)c1. The second kappa shape index (κ2) is 7.72. The Kier molecular flexibility index (Phi) is 6.23. The van der Waals surface area contributed by atoms with Crippen molar-refractivity contribution in [1.82, 2.24) is 4.90 Å². The van der Waals surface area contributed by atoms with E-state index in [4.69, 9.17) is 11.6 Å². The van der Waals surface area contributed by atoms with Crippen LogP contribution in [0.15, 0.2) is 48.6 Å². The molecule has 0 aliphatic rings. The molecule has 1 amide bonds. The largest absolute Gasteiger partial charge is 0.335 e. The molecule has 0 unspecified atom stereocenters. The summed E-state index contributed by atoms with van der Waals surface area (Å²) >= 11 is 5.93. The summed E-state index contributed by atoms with van der Waals surface area (Å²) in [7, 11) is 0. The molecule has 18 heavy (non-hydrogen) atoms. The maximum Gasteiger partial charge on any atom is 0.246 e. The van der Waals surface area contributed by atoms with Gasteiger partial charge in [-0.25, -0.2) is 0 Å². The highest BCUT2D eigenvalue weighted by Crippen LogP contribution is 2.12. The van der Waals surface area contributed by atoms with E-state index in [0.29, 0.717) is 18.1 Å². The fourth-order valence-electron chi connectivity index (χ4n) is 1.56. The Hall–Kier alpha value is -1.54. The van der Waals surface area contributed by atoms with Crippen molar-refractivity contribution in [2.45, 2.75) is 20.4 Å². The number of carbonyl (C=O) groups excluding carboxylic acids is 1. The van der Waals surface area contributed by atoms with E-state index in [1.807, 2.05) is 50.3 Å². The first-order valence-electron chi connectivity index (χ1n) is 6.00. The highest BCUT2D eigenvalue weighted by atomic mass is 35.5. The van der Waals surface area contributed by atoms with Gasteiger partial charge in [0.25, 0.3) is 0 Å². The number of rotatable bonds is 5. The van der Waals surface area contributed by atoms with E-state index in [9.17, 15) is 4.79 Å². The van der Waals surface area contributed by atoms with Crippen molar-refractivity contribution in [2.75, 3.05) is 6.54 Å². The lowest BCUT2D eigenvalue weighted by Crippen LogP contribution is -2.28. The summed E-state index contributed by atoms with van der Waals surface area (Å²) < 4.78 is 0. The summed E-state index contributed by atoms with van der Waals surface area (Å²) in [5, 5.41) is 0.695. The number of hydrogen-bond acceptors (Lipinski definition) is 1. The average molecular weight is 264 g/mol. The second-order valence-electron chi connectivity index (χ2n) is 3.87. The molecule has 0 saturated heterocycles. The molecule has 0 fully saturated rings. The maximum atomic E-state index is 11.9. The molecule has 0 aliphatic heterocycles. The van der Waals surface area contributed by atoms with Gasteiger partial charge in [-0.1, -0.05) is 42.0 Å². The Morgan fingerprint density at radius 1 is 1.39 bits per heavy atom. The van der Waals surface area contributed by atoms with Crippen molar-refractivity contribution >= 4 is 17.5 Å². The van der Waals surface area contributed by atoms with Gasteiger partial charge in [-0.2, -0.15) is 0 Å². The Morgan fingerprint density at radius 2 is 2.17 bits per heavy atom. The third kappa shape index (κ3) is 4.76. The van der Waals surface area contributed by atoms with Crippen LogP contribution in [0.4, 0.5) is 0 Å². The van der Waals surface area contributed by atoms with Gasteiger partial charge in [0.15, 0.2) is 0 Å². The molecule has 1 rings (SSSR count). The Labute approximate surface area is 114 Å². The van der Waals surface area contributed by atoms with Crippen molar-refractivity contribution in [2.24, 2.45) is 0 Å². The van der Waals surface area contributed by atoms with Crippen LogP contribution in [0.1, 0.15) is 19.4 Å². The first-order valence-corrected chi connectivity index (χ1v) is 6.38. The monoisotopic (exact) mass is 263 g/mol. The molecule has 2 nitrogen and oxygen atoms in total.